The minimum atomic E-state index is -0.400. The first-order chi connectivity index (χ1) is 10.2. The van der Waals surface area contributed by atoms with Crippen molar-refractivity contribution in [1.82, 2.24) is 5.32 Å². The van der Waals surface area contributed by atoms with Gasteiger partial charge >= 0.3 is 0 Å². The van der Waals surface area contributed by atoms with E-state index in [2.05, 4.69) is 5.32 Å². The molecule has 0 radical (unpaired) electrons. The van der Waals surface area contributed by atoms with E-state index in [0.717, 1.165) is 11.8 Å². The highest BCUT2D eigenvalue weighted by Gasteiger charge is 2.51. The zero-order chi connectivity index (χ0) is 14.6. The first-order valence-electron chi connectivity index (χ1n) is 8.28. The summed E-state index contributed by atoms with van der Waals surface area (Å²) >= 11 is 0. The van der Waals surface area contributed by atoms with Crippen molar-refractivity contribution in [3.05, 3.63) is 35.4 Å². The first kappa shape index (κ1) is 13.7. The summed E-state index contributed by atoms with van der Waals surface area (Å²) in [5.41, 5.74) is 0.262. The SMILES string of the molecule is CNC(c1c(F)cccc1F)C1C2CC3CC(C2)CC1C3. The highest BCUT2D eigenvalue weighted by molar-refractivity contribution is 5.25. The Labute approximate surface area is 125 Å². The van der Waals surface area contributed by atoms with Gasteiger partial charge in [-0.15, -0.1) is 0 Å². The van der Waals surface area contributed by atoms with Crippen LogP contribution in [0.2, 0.25) is 0 Å². The van der Waals surface area contributed by atoms with Gasteiger partial charge in [0.1, 0.15) is 11.6 Å². The molecule has 4 bridgehead atoms. The third-order valence-electron chi connectivity index (χ3n) is 6.31. The standard InChI is InChI=1S/C18H23F2N/c1-21-18(17-14(19)3-2-4-15(17)20)16-12-6-10-5-11(8-12)9-13(16)7-10/h2-4,10-13,16,18,21H,5-9H2,1H3. The summed E-state index contributed by atoms with van der Waals surface area (Å²) in [7, 11) is 1.85. The van der Waals surface area contributed by atoms with Crippen molar-refractivity contribution in [1.29, 1.82) is 0 Å². The van der Waals surface area contributed by atoms with Crippen LogP contribution in [0.4, 0.5) is 8.78 Å². The molecule has 114 valence electrons. The molecule has 0 heterocycles. The maximum atomic E-state index is 14.2. The summed E-state index contributed by atoms with van der Waals surface area (Å²) < 4.78 is 28.4. The van der Waals surface area contributed by atoms with E-state index in [0.29, 0.717) is 17.8 Å². The van der Waals surface area contributed by atoms with Crippen LogP contribution in [0.1, 0.15) is 43.7 Å². The van der Waals surface area contributed by atoms with E-state index in [1.165, 1.54) is 50.3 Å². The van der Waals surface area contributed by atoms with Gasteiger partial charge in [-0.25, -0.2) is 8.78 Å². The van der Waals surface area contributed by atoms with E-state index in [9.17, 15) is 8.78 Å². The van der Waals surface area contributed by atoms with Gasteiger partial charge in [0.25, 0.3) is 0 Å². The Morgan fingerprint density at radius 1 is 0.952 bits per heavy atom. The van der Waals surface area contributed by atoms with Crippen LogP contribution in [0, 0.1) is 41.2 Å². The summed E-state index contributed by atoms with van der Waals surface area (Å²) in [6.45, 7) is 0. The maximum Gasteiger partial charge on any atom is 0.130 e. The summed E-state index contributed by atoms with van der Waals surface area (Å²) in [5.74, 6) is 2.66. The molecular formula is C18H23F2N. The predicted octanol–water partition coefficient (Wildman–Crippen LogP) is 4.30. The molecular weight excluding hydrogens is 268 g/mol. The van der Waals surface area contributed by atoms with Gasteiger partial charge in [0.05, 0.1) is 0 Å². The molecule has 0 amide bonds. The van der Waals surface area contributed by atoms with Crippen molar-refractivity contribution in [3.63, 3.8) is 0 Å². The molecule has 4 fully saturated rings. The molecule has 1 nitrogen and oxygen atoms in total. The molecule has 3 heteroatoms. The third kappa shape index (κ3) is 2.12. The van der Waals surface area contributed by atoms with Crippen LogP contribution in [0.15, 0.2) is 18.2 Å². The Hall–Kier alpha value is -0.960. The lowest BCUT2D eigenvalue weighted by Crippen LogP contribution is -2.49. The fourth-order valence-corrected chi connectivity index (χ4v) is 5.85. The summed E-state index contributed by atoms with van der Waals surface area (Å²) in [6.07, 6.45) is 6.48. The minimum Gasteiger partial charge on any atom is -0.313 e. The molecule has 0 aromatic heterocycles. The van der Waals surface area contributed by atoms with E-state index in [-0.39, 0.29) is 11.6 Å². The lowest BCUT2D eigenvalue weighted by molar-refractivity contribution is -0.0524. The first-order valence-corrected chi connectivity index (χ1v) is 8.28. The second-order valence-corrected chi connectivity index (χ2v) is 7.41. The second kappa shape index (κ2) is 5.05. The molecule has 21 heavy (non-hydrogen) atoms. The molecule has 0 spiro atoms. The Morgan fingerprint density at radius 2 is 1.48 bits per heavy atom. The third-order valence-corrected chi connectivity index (χ3v) is 6.31. The van der Waals surface area contributed by atoms with Gasteiger partial charge in [-0.1, -0.05) is 6.07 Å². The largest absolute Gasteiger partial charge is 0.313 e. The average Bonchev–Trinajstić information content (AvgIpc) is 2.43. The molecule has 1 atom stereocenters. The van der Waals surface area contributed by atoms with Crippen LogP contribution in [0.25, 0.3) is 0 Å². The van der Waals surface area contributed by atoms with Gasteiger partial charge in [0.15, 0.2) is 0 Å². The number of hydrogen-bond acceptors (Lipinski definition) is 1. The number of benzene rings is 1. The highest BCUT2D eigenvalue weighted by Crippen LogP contribution is 2.59. The van der Waals surface area contributed by atoms with Crippen LogP contribution in [-0.4, -0.2) is 7.05 Å². The van der Waals surface area contributed by atoms with E-state index < -0.39 is 11.6 Å². The van der Waals surface area contributed by atoms with E-state index in [1.54, 1.807) is 0 Å². The zero-order valence-corrected chi connectivity index (χ0v) is 12.5. The van der Waals surface area contributed by atoms with E-state index in [1.807, 2.05) is 7.05 Å². The van der Waals surface area contributed by atoms with Crippen molar-refractivity contribution < 1.29 is 8.78 Å². The Morgan fingerprint density at radius 3 is 1.95 bits per heavy atom. The van der Waals surface area contributed by atoms with Crippen LogP contribution < -0.4 is 5.32 Å². The molecule has 4 saturated carbocycles. The fourth-order valence-electron chi connectivity index (χ4n) is 5.85. The highest BCUT2D eigenvalue weighted by atomic mass is 19.1. The monoisotopic (exact) mass is 291 g/mol. The molecule has 1 aromatic carbocycles. The lowest BCUT2D eigenvalue weighted by atomic mass is 9.50. The molecule has 5 rings (SSSR count). The Balaban J connectivity index is 1.70. The van der Waals surface area contributed by atoms with Crippen molar-refractivity contribution in [3.8, 4) is 0 Å². The van der Waals surface area contributed by atoms with Crippen LogP contribution in [0.3, 0.4) is 0 Å². The fraction of sp³-hybridized carbons (Fsp3) is 0.667. The van der Waals surface area contributed by atoms with Gasteiger partial charge in [0.2, 0.25) is 0 Å². The normalized spacial score (nSPS) is 38.7. The van der Waals surface area contributed by atoms with Gasteiger partial charge in [-0.2, -0.15) is 0 Å². The molecule has 0 aliphatic heterocycles. The molecule has 1 aromatic rings. The van der Waals surface area contributed by atoms with Crippen molar-refractivity contribution in [2.24, 2.45) is 29.6 Å². The molecule has 4 aliphatic carbocycles. The van der Waals surface area contributed by atoms with Crippen LogP contribution in [0.5, 0.6) is 0 Å². The van der Waals surface area contributed by atoms with E-state index in [4.69, 9.17) is 0 Å². The molecule has 4 aliphatic rings. The Kier molecular flexibility index (Phi) is 3.29. The van der Waals surface area contributed by atoms with E-state index >= 15 is 0 Å². The number of nitrogens with one attached hydrogen (secondary N) is 1. The predicted molar refractivity (Wildman–Crippen MR) is 78.7 cm³/mol. The Bertz CT molecular complexity index is 494. The van der Waals surface area contributed by atoms with Crippen LogP contribution in [-0.2, 0) is 0 Å². The summed E-state index contributed by atoms with van der Waals surface area (Å²) in [4.78, 5) is 0. The average molecular weight is 291 g/mol. The second-order valence-electron chi connectivity index (χ2n) is 7.41. The molecule has 0 saturated heterocycles. The number of halogens is 2. The quantitative estimate of drug-likeness (QED) is 0.875. The minimum absolute atomic E-state index is 0.179. The van der Waals surface area contributed by atoms with Crippen molar-refractivity contribution >= 4 is 0 Å². The van der Waals surface area contributed by atoms with Gasteiger partial charge in [0, 0.05) is 11.6 Å². The lowest BCUT2D eigenvalue weighted by Gasteiger charge is -2.56. The van der Waals surface area contributed by atoms with Crippen molar-refractivity contribution in [2.45, 2.75) is 38.1 Å². The van der Waals surface area contributed by atoms with Crippen LogP contribution >= 0.6 is 0 Å². The number of rotatable bonds is 3. The maximum absolute atomic E-state index is 14.2. The smallest absolute Gasteiger partial charge is 0.130 e. The van der Waals surface area contributed by atoms with Gasteiger partial charge in [-0.05, 0) is 80.9 Å². The summed E-state index contributed by atoms with van der Waals surface area (Å²) in [6, 6.07) is 4.05. The topological polar surface area (TPSA) is 12.0 Å². The molecule has 1 unspecified atom stereocenters. The van der Waals surface area contributed by atoms with Gasteiger partial charge in [-0.3, -0.25) is 0 Å². The van der Waals surface area contributed by atoms with Crippen molar-refractivity contribution in [2.75, 3.05) is 7.05 Å². The summed E-state index contributed by atoms with van der Waals surface area (Å²) in [5, 5.41) is 3.25. The van der Waals surface area contributed by atoms with Gasteiger partial charge < -0.3 is 5.32 Å². The zero-order valence-electron chi connectivity index (χ0n) is 12.5. The number of hydrogen-bond donors (Lipinski definition) is 1. The molecule has 1 N–H and O–H groups in total.